The van der Waals surface area contributed by atoms with Gasteiger partial charge in [0.2, 0.25) is 0 Å². The summed E-state index contributed by atoms with van der Waals surface area (Å²) in [5, 5.41) is 3.44. The second-order valence-electron chi connectivity index (χ2n) is 4.95. The van der Waals surface area contributed by atoms with Gasteiger partial charge in [-0.25, -0.2) is 4.39 Å². The molecular weight excluding hydrogens is 203 g/mol. The van der Waals surface area contributed by atoms with E-state index in [1.807, 2.05) is 13.0 Å². The Labute approximate surface area is 95.4 Å². The normalized spacial score (nSPS) is 27.8. The summed E-state index contributed by atoms with van der Waals surface area (Å²) < 4.78 is 13.6. The van der Waals surface area contributed by atoms with Crippen LogP contribution in [0.3, 0.4) is 0 Å². The third kappa shape index (κ3) is 1.27. The molecule has 1 aromatic carbocycles. The van der Waals surface area contributed by atoms with Crippen molar-refractivity contribution in [3.63, 3.8) is 0 Å². The monoisotopic (exact) mass is 220 g/mol. The van der Waals surface area contributed by atoms with Crippen LogP contribution in [0.15, 0.2) is 12.1 Å². The summed E-state index contributed by atoms with van der Waals surface area (Å²) >= 11 is 0. The molecule has 1 aromatic rings. The van der Waals surface area contributed by atoms with Crippen LogP contribution in [0.1, 0.15) is 18.1 Å². The molecule has 0 aromatic heterocycles. The molecule has 86 valence electrons. The third-order valence-electron chi connectivity index (χ3n) is 3.85. The fraction of sp³-hybridized carbons (Fsp3) is 0.538. The Hall–Kier alpha value is -1.09. The molecule has 1 saturated heterocycles. The van der Waals surface area contributed by atoms with E-state index in [0.717, 1.165) is 30.8 Å². The van der Waals surface area contributed by atoms with Crippen LogP contribution in [0.25, 0.3) is 0 Å². The van der Waals surface area contributed by atoms with E-state index in [0.29, 0.717) is 12.1 Å². The average molecular weight is 220 g/mol. The molecule has 0 spiro atoms. The molecule has 0 saturated carbocycles. The maximum atomic E-state index is 13.6. The van der Waals surface area contributed by atoms with Gasteiger partial charge < -0.3 is 10.2 Å². The van der Waals surface area contributed by atoms with Crippen molar-refractivity contribution in [1.29, 1.82) is 0 Å². The number of rotatable bonds is 0. The van der Waals surface area contributed by atoms with Gasteiger partial charge in [-0.3, -0.25) is 0 Å². The van der Waals surface area contributed by atoms with Gasteiger partial charge in [0.05, 0.1) is 0 Å². The highest BCUT2D eigenvalue weighted by Crippen LogP contribution is 2.38. The Morgan fingerprint density at radius 2 is 2.19 bits per heavy atom. The van der Waals surface area contributed by atoms with Crippen molar-refractivity contribution in [3.05, 3.63) is 29.1 Å². The molecule has 0 aliphatic carbocycles. The molecule has 0 bridgehead atoms. The Kier molecular flexibility index (Phi) is 2.18. The number of benzene rings is 1. The molecule has 0 amide bonds. The lowest BCUT2D eigenvalue weighted by Gasteiger charge is -2.39. The number of halogens is 1. The predicted octanol–water partition coefficient (Wildman–Crippen LogP) is 1.86. The van der Waals surface area contributed by atoms with Crippen LogP contribution >= 0.6 is 0 Å². The highest BCUT2D eigenvalue weighted by molar-refractivity contribution is 5.65. The smallest absolute Gasteiger partial charge is 0.128 e. The highest BCUT2D eigenvalue weighted by atomic mass is 19.1. The Balaban J connectivity index is 2.11. The highest BCUT2D eigenvalue weighted by Gasteiger charge is 2.36. The number of hydrogen-bond acceptors (Lipinski definition) is 2. The minimum Gasteiger partial charge on any atom is -0.362 e. The lowest BCUT2D eigenvalue weighted by atomic mass is 10.1. The van der Waals surface area contributed by atoms with Gasteiger partial charge in [0.25, 0.3) is 0 Å². The number of anilines is 1. The van der Waals surface area contributed by atoms with Gasteiger partial charge in [-0.05, 0) is 31.9 Å². The molecule has 2 heterocycles. The van der Waals surface area contributed by atoms with Crippen molar-refractivity contribution in [1.82, 2.24) is 5.32 Å². The fourth-order valence-corrected chi connectivity index (χ4v) is 3.10. The first-order chi connectivity index (χ1) is 7.68. The van der Waals surface area contributed by atoms with Crippen LogP contribution in [0.2, 0.25) is 0 Å². The van der Waals surface area contributed by atoms with Gasteiger partial charge in [-0.15, -0.1) is 0 Å². The number of piperazine rings is 1. The average Bonchev–Trinajstić information content (AvgIpc) is 2.64. The van der Waals surface area contributed by atoms with E-state index in [2.05, 4.69) is 17.1 Å². The van der Waals surface area contributed by atoms with Crippen LogP contribution in [-0.2, 0) is 6.42 Å². The quantitative estimate of drug-likeness (QED) is 0.718. The zero-order chi connectivity index (χ0) is 11.3. The first-order valence-corrected chi connectivity index (χ1v) is 5.95. The molecule has 1 unspecified atom stereocenters. The second-order valence-corrected chi connectivity index (χ2v) is 4.95. The van der Waals surface area contributed by atoms with Crippen molar-refractivity contribution in [2.75, 3.05) is 18.0 Å². The first-order valence-electron chi connectivity index (χ1n) is 5.95. The van der Waals surface area contributed by atoms with Gasteiger partial charge >= 0.3 is 0 Å². The minimum atomic E-state index is -0.0786. The topological polar surface area (TPSA) is 15.3 Å². The Morgan fingerprint density at radius 1 is 1.38 bits per heavy atom. The lowest BCUT2D eigenvalue weighted by molar-refractivity contribution is 0.429. The molecular formula is C13H17FN2. The van der Waals surface area contributed by atoms with E-state index >= 15 is 0 Å². The standard InChI is InChI=1S/C13H17FN2/c1-8-6-15-7-11-5-10-3-4-12(14)9(2)13(10)16(8)11/h3-4,8,11,15H,5-7H2,1-2H3/t8?,11-/m1/s1. The SMILES string of the molecule is Cc1c(F)ccc2c1N1C(C)CNC[C@H]1C2. The summed E-state index contributed by atoms with van der Waals surface area (Å²) in [7, 11) is 0. The third-order valence-corrected chi connectivity index (χ3v) is 3.85. The summed E-state index contributed by atoms with van der Waals surface area (Å²) in [6, 6.07) is 4.52. The molecule has 3 heteroatoms. The molecule has 1 N–H and O–H groups in total. The summed E-state index contributed by atoms with van der Waals surface area (Å²) in [5.41, 5.74) is 3.27. The Bertz CT molecular complexity index is 430. The van der Waals surface area contributed by atoms with Crippen LogP contribution in [0.4, 0.5) is 10.1 Å². The fourth-order valence-electron chi connectivity index (χ4n) is 3.10. The molecule has 1 fully saturated rings. The molecule has 2 nitrogen and oxygen atoms in total. The van der Waals surface area contributed by atoms with Gasteiger partial charge in [-0.1, -0.05) is 6.07 Å². The predicted molar refractivity (Wildman–Crippen MR) is 63.4 cm³/mol. The van der Waals surface area contributed by atoms with Crippen molar-refractivity contribution < 1.29 is 4.39 Å². The number of nitrogens with one attached hydrogen (secondary N) is 1. The van der Waals surface area contributed by atoms with Crippen LogP contribution in [-0.4, -0.2) is 25.2 Å². The molecule has 2 aliphatic heterocycles. The zero-order valence-corrected chi connectivity index (χ0v) is 9.76. The number of hydrogen-bond donors (Lipinski definition) is 1. The largest absolute Gasteiger partial charge is 0.362 e. The zero-order valence-electron chi connectivity index (χ0n) is 9.76. The van der Waals surface area contributed by atoms with Crippen LogP contribution < -0.4 is 10.2 Å². The minimum absolute atomic E-state index is 0.0786. The molecule has 2 aliphatic rings. The Morgan fingerprint density at radius 3 is 3.00 bits per heavy atom. The molecule has 0 radical (unpaired) electrons. The van der Waals surface area contributed by atoms with Gasteiger partial charge in [0.15, 0.2) is 0 Å². The molecule has 16 heavy (non-hydrogen) atoms. The summed E-state index contributed by atoms with van der Waals surface area (Å²) in [6.07, 6.45) is 1.05. The van der Waals surface area contributed by atoms with Gasteiger partial charge in [-0.2, -0.15) is 0 Å². The van der Waals surface area contributed by atoms with E-state index in [4.69, 9.17) is 0 Å². The summed E-state index contributed by atoms with van der Waals surface area (Å²) in [4.78, 5) is 2.41. The first kappa shape index (κ1) is 10.1. The molecule has 2 atom stereocenters. The van der Waals surface area contributed by atoms with Crippen molar-refractivity contribution in [2.45, 2.75) is 32.4 Å². The maximum absolute atomic E-state index is 13.6. The number of nitrogens with zero attached hydrogens (tertiary/aromatic N) is 1. The van der Waals surface area contributed by atoms with E-state index in [1.54, 1.807) is 6.07 Å². The van der Waals surface area contributed by atoms with Crippen molar-refractivity contribution in [3.8, 4) is 0 Å². The molecule has 3 rings (SSSR count). The van der Waals surface area contributed by atoms with Crippen molar-refractivity contribution >= 4 is 5.69 Å². The summed E-state index contributed by atoms with van der Waals surface area (Å²) in [5.74, 6) is -0.0786. The van der Waals surface area contributed by atoms with Gasteiger partial charge in [0.1, 0.15) is 5.82 Å². The van der Waals surface area contributed by atoms with Crippen LogP contribution in [0.5, 0.6) is 0 Å². The van der Waals surface area contributed by atoms with E-state index < -0.39 is 0 Å². The van der Waals surface area contributed by atoms with Crippen molar-refractivity contribution in [2.24, 2.45) is 0 Å². The van der Waals surface area contributed by atoms with E-state index in [1.165, 1.54) is 5.56 Å². The van der Waals surface area contributed by atoms with E-state index in [-0.39, 0.29) is 5.82 Å². The number of fused-ring (bicyclic) bond motifs is 3. The summed E-state index contributed by atoms with van der Waals surface area (Å²) in [6.45, 7) is 6.11. The van der Waals surface area contributed by atoms with Crippen LogP contribution in [0, 0.1) is 12.7 Å². The maximum Gasteiger partial charge on any atom is 0.128 e. The second kappa shape index (κ2) is 3.45. The van der Waals surface area contributed by atoms with E-state index in [9.17, 15) is 4.39 Å². The van der Waals surface area contributed by atoms with Gasteiger partial charge in [0, 0.05) is 36.4 Å². The lowest BCUT2D eigenvalue weighted by Crippen LogP contribution is -2.55.